The number of hydrogen-bond acceptors (Lipinski definition) is 9. The number of likely N-dealkylation sites (N-methyl/N-ethyl adjacent to an activating group) is 2. The number of methoxy groups -OCH3 is 1. The maximum atomic E-state index is 13.1. The van der Waals surface area contributed by atoms with Crippen molar-refractivity contribution < 1.29 is 23.9 Å². The molecular formula is C33H38Cl2N8O5. The number of ether oxygens (including phenoxy) is 2. The molecule has 1 aliphatic heterocycles. The first-order valence-electron chi connectivity index (χ1n) is 15.4. The molecular weight excluding hydrogens is 659 g/mol. The number of carbonyl (C=O) groups is 3. The van der Waals surface area contributed by atoms with Crippen LogP contribution in [0.3, 0.4) is 0 Å². The number of carbonyl (C=O) groups excluding carboxylic acids is 3. The van der Waals surface area contributed by atoms with Gasteiger partial charge in [-0.15, -0.1) is 0 Å². The van der Waals surface area contributed by atoms with Gasteiger partial charge in [-0.1, -0.05) is 35.3 Å². The summed E-state index contributed by atoms with van der Waals surface area (Å²) in [6.45, 7) is 3.43. The summed E-state index contributed by atoms with van der Waals surface area (Å²) in [5.74, 6) is -0.155. The fourth-order valence-electron chi connectivity index (χ4n) is 5.38. The fourth-order valence-corrected chi connectivity index (χ4v) is 5.99. The van der Waals surface area contributed by atoms with Crippen LogP contribution >= 0.6 is 23.2 Å². The third-order valence-corrected chi connectivity index (χ3v) is 8.90. The summed E-state index contributed by atoms with van der Waals surface area (Å²) in [4.78, 5) is 51.8. The minimum atomic E-state index is -0.356. The third kappa shape index (κ3) is 8.34. The van der Waals surface area contributed by atoms with E-state index in [2.05, 4.69) is 20.6 Å². The SMILES string of the molecule is CNC(=O)CN1CCN(CC(=O)NCC(=O)N(C)c2ccc(Cl)c(COc3cccc4c3nc(OC)n4Cc3ccccn3)c2Cl)CC1. The van der Waals surface area contributed by atoms with Gasteiger partial charge in [0.2, 0.25) is 17.7 Å². The number of amides is 3. The second-order valence-corrected chi connectivity index (χ2v) is 12.0. The Kier molecular flexibility index (Phi) is 11.7. The second-order valence-electron chi connectivity index (χ2n) is 11.2. The van der Waals surface area contributed by atoms with Crippen LogP contribution in [0.25, 0.3) is 11.0 Å². The number of benzene rings is 2. The molecule has 48 heavy (non-hydrogen) atoms. The highest BCUT2D eigenvalue weighted by atomic mass is 35.5. The molecule has 15 heteroatoms. The van der Waals surface area contributed by atoms with Crippen molar-refractivity contribution in [2.45, 2.75) is 13.2 Å². The first kappa shape index (κ1) is 34.9. The van der Waals surface area contributed by atoms with Crippen LogP contribution in [-0.2, 0) is 27.5 Å². The number of nitrogens with one attached hydrogen (secondary N) is 2. The molecule has 0 unspecified atom stereocenters. The van der Waals surface area contributed by atoms with Gasteiger partial charge >= 0.3 is 0 Å². The Balaban J connectivity index is 1.20. The Morgan fingerprint density at radius 1 is 0.958 bits per heavy atom. The van der Waals surface area contributed by atoms with E-state index < -0.39 is 0 Å². The van der Waals surface area contributed by atoms with Crippen molar-refractivity contribution >= 4 is 57.6 Å². The van der Waals surface area contributed by atoms with Gasteiger partial charge in [0.25, 0.3) is 6.01 Å². The molecule has 0 radical (unpaired) electrons. The van der Waals surface area contributed by atoms with E-state index in [1.54, 1.807) is 45.6 Å². The standard InChI is InChI=1S/C33H38Cl2N8O5/c1-36-28(44)19-41-13-15-42(16-14-41)20-29(45)38-17-30(46)40(2)25-11-10-24(34)23(31(25)35)21-48-27-9-6-8-26-32(27)39-33(47-3)43(26)18-22-7-4-5-12-37-22/h4-12H,13-21H2,1-3H3,(H,36,44)(H,38,45). The van der Waals surface area contributed by atoms with Gasteiger partial charge in [-0.3, -0.25) is 33.7 Å². The molecule has 3 heterocycles. The molecule has 4 aromatic rings. The summed E-state index contributed by atoms with van der Waals surface area (Å²) >= 11 is 13.3. The number of anilines is 1. The topological polar surface area (TPSA) is 134 Å². The Morgan fingerprint density at radius 3 is 2.35 bits per heavy atom. The Labute approximate surface area is 288 Å². The van der Waals surface area contributed by atoms with E-state index in [-0.39, 0.29) is 42.4 Å². The molecule has 2 aromatic carbocycles. The van der Waals surface area contributed by atoms with E-state index >= 15 is 0 Å². The molecule has 1 fully saturated rings. The average molecular weight is 698 g/mol. The largest absolute Gasteiger partial charge is 0.486 e. The maximum absolute atomic E-state index is 13.1. The van der Waals surface area contributed by atoms with Gasteiger partial charge in [-0.05, 0) is 36.4 Å². The molecule has 2 aromatic heterocycles. The average Bonchev–Trinajstić information content (AvgIpc) is 3.46. The van der Waals surface area contributed by atoms with Crippen molar-refractivity contribution in [1.82, 2.24) is 35.0 Å². The molecule has 0 aliphatic carbocycles. The number of imidazole rings is 1. The van der Waals surface area contributed by atoms with E-state index in [0.29, 0.717) is 72.8 Å². The molecule has 3 amide bonds. The van der Waals surface area contributed by atoms with Crippen LogP contribution in [-0.4, -0.2) is 109 Å². The fraction of sp³-hybridized carbons (Fsp3) is 0.364. The summed E-state index contributed by atoms with van der Waals surface area (Å²) in [5, 5.41) is 5.95. The van der Waals surface area contributed by atoms with Crippen LogP contribution in [0.4, 0.5) is 5.69 Å². The Hall–Kier alpha value is -4.43. The predicted octanol–water partition coefficient (Wildman–Crippen LogP) is 2.82. The lowest BCUT2D eigenvalue weighted by atomic mass is 10.2. The van der Waals surface area contributed by atoms with Crippen molar-refractivity contribution in [3.63, 3.8) is 0 Å². The van der Waals surface area contributed by atoms with E-state index in [1.165, 1.54) is 4.90 Å². The van der Waals surface area contributed by atoms with Crippen LogP contribution in [0.15, 0.2) is 54.7 Å². The normalized spacial score (nSPS) is 13.7. The molecule has 0 saturated carbocycles. The van der Waals surface area contributed by atoms with Crippen LogP contribution in [0, 0.1) is 0 Å². The molecule has 0 bridgehead atoms. The number of halogens is 2. The van der Waals surface area contributed by atoms with Crippen molar-refractivity contribution in [3.05, 3.63) is 76.0 Å². The Bertz CT molecular complexity index is 1760. The number of hydrogen-bond donors (Lipinski definition) is 2. The summed E-state index contributed by atoms with van der Waals surface area (Å²) in [7, 11) is 4.75. The van der Waals surface area contributed by atoms with Gasteiger partial charge in [0.15, 0.2) is 0 Å². The van der Waals surface area contributed by atoms with Gasteiger partial charge in [0.05, 0.1) is 55.2 Å². The molecule has 13 nitrogen and oxygen atoms in total. The highest BCUT2D eigenvalue weighted by Gasteiger charge is 2.23. The number of piperazine rings is 1. The van der Waals surface area contributed by atoms with Crippen molar-refractivity contribution in [2.24, 2.45) is 0 Å². The number of nitrogens with zero attached hydrogens (tertiary/aromatic N) is 6. The van der Waals surface area contributed by atoms with Crippen LogP contribution in [0.5, 0.6) is 11.8 Å². The quantitative estimate of drug-likeness (QED) is 0.217. The minimum absolute atomic E-state index is 0.00911. The number of para-hydroxylation sites is 1. The summed E-state index contributed by atoms with van der Waals surface area (Å²) in [6, 6.07) is 15.0. The van der Waals surface area contributed by atoms with Gasteiger partial charge < -0.3 is 25.0 Å². The predicted molar refractivity (Wildman–Crippen MR) is 184 cm³/mol. The lowest BCUT2D eigenvalue weighted by molar-refractivity contribution is -0.126. The molecule has 254 valence electrons. The van der Waals surface area contributed by atoms with Gasteiger partial charge in [0, 0.05) is 57.1 Å². The number of pyridine rings is 1. The van der Waals surface area contributed by atoms with Crippen LogP contribution < -0.4 is 25.0 Å². The van der Waals surface area contributed by atoms with Crippen molar-refractivity contribution in [3.8, 4) is 11.8 Å². The molecule has 0 spiro atoms. The zero-order valence-electron chi connectivity index (χ0n) is 27.0. The van der Waals surface area contributed by atoms with Crippen molar-refractivity contribution in [1.29, 1.82) is 0 Å². The lowest BCUT2D eigenvalue weighted by Crippen LogP contribution is -2.51. The van der Waals surface area contributed by atoms with Gasteiger partial charge in [-0.25, -0.2) is 0 Å². The van der Waals surface area contributed by atoms with Gasteiger partial charge in [-0.2, -0.15) is 4.98 Å². The van der Waals surface area contributed by atoms with E-state index in [4.69, 9.17) is 32.7 Å². The molecule has 2 N–H and O–H groups in total. The highest BCUT2D eigenvalue weighted by molar-refractivity contribution is 6.38. The number of rotatable bonds is 13. The second kappa shape index (κ2) is 16.1. The first-order chi connectivity index (χ1) is 23.2. The molecule has 1 aliphatic rings. The molecule has 5 rings (SSSR count). The van der Waals surface area contributed by atoms with Crippen molar-refractivity contribution in [2.75, 3.05) is 71.9 Å². The zero-order chi connectivity index (χ0) is 34.2. The summed E-state index contributed by atoms with van der Waals surface area (Å²) < 4.78 is 13.7. The Morgan fingerprint density at radius 2 is 1.69 bits per heavy atom. The third-order valence-electron chi connectivity index (χ3n) is 8.12. The van der Waals surface area contributed by atoms with E-state index in [9.17, 15) is 14.4 Å². The maximum Gasteiger partial charge on any atom is 0.297 e. The molecule has 0 atom stereocenters. The smallest absolute Gasteiger partial charge is 0.297 e. The van der Waals surface area contributed by atoms with E-state index in [0.717, 1.165) is 11.2 Å². The minimum Gasteiger partial charge on any atom is -0.486 e. The van der Waals surface area contributed by atoms with Crippen LogP contribution in [0.2, 0.25) is 10.0 Å². The molecule has 1 saturated heterocycles. The number of fused-ring (bicyclic) bond motifs is 1. The van der Waals surface area contributed by atoms with Crippen LogP contribution in [0.1, 0.15) is 11.3 Å². The lowest BCUT2D eigenvalue weighted by Gasteiger charge is -2.33. The zero-order valence-corrected chi connectivity index (χ0v) is 28.6. The summed E-state index contributed by atoms with van der Waals surface area (Å²) in [6.07, 6.45) is 1.74. The van der Waals surface area contributed by atoms with Gasteiger partial charge in [0.1, 0.15) is 17.9 Å². The highest BCUT2D eigenvalue weighted by Crippen LogP contribution is 2.36. The first-order valence-corrected chi connectivity index (χ1v) is 16.2. The monoisotopic (exact) mass is 696 g/mol. The number of aromatic nitrogens is 3. The summed E-state index contributed by atoms with van der Waals surface area (Å²) in [5.41, 5.74) is 3.17. The van der Waals surface area contributed by atoms with E-state index in [1.807, 2.05) is 44.7 Å².